The van der Waals surface area contributed by atoms with Gasteiger partial charge >= 0.3 is 0 Å². The van der Waals surface area contributed by atoms with E-state index in [1.165, 1.54) is 0 Å². The second-order valence-corrected chi connectivity index (χ2v) is 4.37. The van der Waals surface area contributed by atoms with E-state index < -0.39 is 0 Å². The molecular formula is C12H9ClN2O2. The summed E-state index contributed by atoms with van der Waals surface area (Å²) < 4.78 is 6.66. The molecule has 0 saturated heterocycles. The number of benzene rings is 1. The Morgan fingerprint density at radius 1 is 1.35 bits per heavy atom. The smallest absolute Gasteiger partial charge is 0.263 e. The monoisotopic (exact) mass is 248 g/mol. The third kappa shape index (κ3) is 1.24. The van der Waals surface area contributed by atoms with Crippen LogP contribution < -0.4 is 5.56 Å². The quantitative estimate of drug-likeness (QED) is 0.614. The molecule has 0 unspecified atom stereocenters. The first-order chi connectivity index (χ1) is 8.11. The van der Waals surface area contributed by atoms with Crippen molar-refractivity contribution in [1.82, 2.24) is 9.72 Å². The van der Waals surface area contributed by atoms with Crippen molar-refractivity contribution in [2.75, 3.05) is 0 Å². The predicted octanol–water partition coefficient (Wildman–Crippen LogP) is 2.64. The molecule has 0 amide bonds. The highest BCUT2D eigenvalue weighted by atomic mass is 35.5. The first-order valence-corrected chi connectivity index (χ1v) is 5.52. The minimum atomic E-state index is -0.117. The van der Waals surface area contributed by atoms with Crippen LogP contribution in [-0.2, 0) is 7.05 Å². The normalized spacial score (nSPS) is 11.5. The molecule has 1 aromatic carbocycles. The van der Waals surface area contributed by atoms with Crippen molar-refractivity contribution < 1.29 is 4.52 Å². The molecule has 0 fully saturated rings. The standard InChI is InChI=1S/C12H9ClN2O2/c1-6-9-11(14-17-6)10-7(13)4-3-5-8(10)15(2)12(9)16/h3-5H,1-2H3. The highest BCUT2D eigenvalue weighted by Gasteiger charge is 2.16. The molecule has 0 aliphatic rings. The number of nitrogens with zero attached hydrogens (tertiary/aromatic N) is 2. The third-order valence-electron chi connectivity index (χ3n) is 2.97. The van der Waals surface area contributed by atoms with E-state index in [9.17, 15) is 4.79 Å². The van der Waals surface area contributed by atoms with Crippen LogP contribution in [0.3, 0.4) is 0 Å². The van der Waals surface area contributed by atoms with Gasteiger partial charge in [-0.25, -0.2) is 0 Å². The van der Waals surface area contributed by atoms with Gasteiger partial charge in [-0.05, 0) is 19.1 Å². The molecule has 0 saturated carbocycles. The average Bonchev–Trinajstić information content (AvgIpc) is 2.68. The summed E-state index contributed by atoms with van der Waals surface area (Å²) in [6.45, 7) is 1.72. The van der Waals surface area contributed by atoms with Crippen molar-refractivity contribution in [2.45, 2.75) is 6.92 Å². The van der Waals surface area contributed by atoms with Crippen molar-refractivity contribution >= 4 is 33.4 Å². The van der Waals surface area contributed by atoms with E-state index in [1.807, 2.05) is 12.1 Å². The maximum Gasteiger partial charge on any atom is 0.263 e. The molecule has 2 aromatic heterocycles. The molecule has 0 bridgehead atoms. The third-order valence-corrected chi connectivity index (χ3v) is 3.29. The maximum absolute atomic E-state index is 12.2. The van der Waals surface area contributed by atoms with Gasteiger partial charge < -0.3 is 9.09 Å². The van der Waals surface area contributed by atoms with Gasteiger partial charge in [0.15, 0.2) is 0 Å². The Bertz CT molecular complexity index is 801. The van der Waals surface area contributed by atoms with Crippen LogP contribution in [0.5, 0.6) is 0 Å². The summed E-state index contributed by atoms with van der Waals surface area (Å²) in [7, 11) is 1.72. The molecule has 0 N–H and O–H groups in total. The Kier molecular flexibility index (Phi) is 2.03. The van der Waals surface area contributed by atoms with Gasteiger partial charge in [0.2, 0.25) is 0 Å². The van der Waals surface area contributed by atoms with E-state index >= 15 is 0 Å². The molecule has 0 radical (unpaired) electrons. The van der Waals surface area contributed by atoms with Crippen LogP contribution >= 0.6 is 11.6 Å². The molecule has 3 rings (SSSR count). The van der Waals surface area contributed by atoms with Gasteiger partial charge in [-0.1, -0.05) is 22.8 Å². The summed E-state index contributed by atoms with van der Waals surface area (Å²) in [5.74, 6) is 0.516. The summed E-state index contributed by atoms with van der Waals surface area (Å²) in [5, 5.41) is 5.75. The van der Waals surface area contributed by atoms with Gasteiger partial charge in [0.05, 0.1) is 10.5 Å². The largest absolute Gasteiger partial charge is 0.360 e. The van der Waals surface area contributed by atoms with Crippen molar-refractivity contribution in [2.24, 2.45) is 7.05 Å². The fourth-order valence-electron chi connectivity index (χ4n) is 2.10. The number of hydrogen-bond donors (Lipinski definition) is 0. The number of halogens is 1. The first-order valence-electron chi connectivity index (χ1n) is 5.14. The number of aryl methyl sites for hydroxylation is 2. The lowest BCUT2D eigenvalue weighted by atomic mass is 10.1. The Balaban J connectivity index is 2.78. The molecule has 2 heterocycles. The van der Waals surface area contributed by atoms with E-state index in [0.29, 0.717) is 21.7 Å². The first kappa shape index (κ1) is 10.4. The van der Waals surface area contributed by atoms with Gasteiger partial charge in [0.25, 0.3) is 5.56 Å². The molecule has 0 aliphatic heterocycles. The van der Waals surface area contributed by atoms with Gasteiger partial charge in [0, 0.05) is 12.4 Å². The molecule has 17 heavy (non-hydrogen) atoms. The number of rotatable bonds is 0. The van der Waals surface area contributed by atoms with Crippen LogP contribution in [0.25, 0.3) is 21.8 Å². The predicted molar refractivity (Wildman–Crippen MR) is 66.5 cm³/mol. The Labute approximate surface area is 101 Å². The minimum Gasteiger partial charge on any atom is -0.360 e. The Hall–Kier alpha value is -1.81. The summed E-state index contributed by atoms with van der Waals surface area (Å²) in [6.07, 6.45) is 0. The Morgan fingerprint density at radius 3 is 2.88 bits per heavy atom. The average molecular weight is 249 g/mol. The van der Waals surface area contributed by atoms with Crippen LogP contribution in [-0.4, -0.2) is 9.72 Å². The van der Waals surface area contributed by atoms with Crippen LogP contribution in [0, 0.1) is 6.92 Å². The molecule has 86 valence electrons. The summed E-state index contributed by atoms with van der Waals surface area (Å²) in [4.78, 5) is 12.2. The second-order valence-electron chi connectivity index (χ2n) is 3.96. The lowest BCUT2D eigenvalue weighted by Crippen LogP contribution is -2.17. The zero-order valence-corrected chi connectivity index (χ0v) is 10.1. The van der Waals surface area contributed by atoms with Crippen LogP contribution in [0.4, 0.5) is 0 Å². The minimum absolute atomic E-state index is 0.117. The van der Waals surface area contributed by atoms with Crippen LogP contribution in [0.2, 0.25) is 5.02 Å². The van der Waals surface area contributed by atoms with Crippen LogP contribution in [0.1, 0.15) is 5.76 Å². The lowest BCUT2D eigenvalue weighted by Gasteiger charge is -2.06. The number of aromatic nitrogens is 2. The van der Waals surface area contributed by atoms with Crippen LogP contribution in [0.15, 0.2) is 27.5 Å². The number of hydrogen-bond acceptors (Lipinski definition) is 3. The van der Waals surface area contributed by atoms with Gasteiger partial charge in [-0.15, -0.1) is 0 Å². The molecule has 3 aromatic rings. The summed E-state index contributed by atoms with van der Waals surface area (Å²) in [6, 6.07) is 5.42. The van der Waals surface area contributed by atoms with E-state index in [4.69, 9.17) is 16.1 Å². The molecular weight excluding hydrogens is 240 g/mol. The summed E-state index contributed by atoms with van der Waals surface area (Å²) >= 11 is 6.17. The molecule has 0 spiro atoms. The van der Waals surface area contributed by atoms with E-state index in [0.717, 1.165) is 10.9 Å². The van der Waals surface area contributed by atoms with Crippen molar-refractivity contribution in [1.29, 1.82) is 0 Å². The molecule has 0 atom stereocenters. The van der Waals surface area contributed by atoms with E-state index in [2.05, 4.69) is 5.16 Å². The molecule has 5 heteroatoms. The van der Waals surface area contributed by atoms with E-state index in [1.54, 1.807) is 24.6 Å². The lowest BCUT2D eigenvalue weighted by molar-refractivity contribution is 0.406. The maximum atomic E-state index is 12.2. The number of fused-ring (bicyclic) bond motifs is 3. The zero-order valence-electron chi connectivity index (χ0n) is 9.32. The second kappa shape index (κ2) is 3.34. The van der Waals surface area contributed by atoms with Gasteiger partial charge in [-0.2, -0.15) is 0 Å². The topological polar surface area (TPSA) is 48.0 Å². The van der Waals surface area contributed by atoms with Gasteiger partial charge in [0.1, 0.15) is 16.7 Å². The highest BCUT2D eigenvalue weighted by molar-refractivity contribution is 6.37. The fraction of sp³-hybridized carbons (Fsp3) is 0.167. The Morgan fingerprint density at radius 2 is 2.12 bits per heavy atom. The van der Waals surface area contributed by atoms with E-state index in [-0.39, 0.29) is 5.56 Å². The molecule has 4 nitrogen and oxygen atoms in total. The summed E-state index contributed by atoms with van der Waals surface area (Å²) in [5.41, 5.74) is 1.17. The highest BCUT2D eigenvalue weighted by Crippen LogP contribution is 2.29. The zero-order chi connectivity index (χ0) is 12.2. The fourth-order valence-corrected chi connectivity index (χ4v) is 2.36. The van der Waals surface area contributed by atoms with Crippen molar-refractivity contribution in [3.8, 4) is 0 Å². The SMILES string of the molecule is Cc1onc2c1c(=O)n(C)c1cccc(Cl)c21. The van der Waals surface area contributed by atoms with Gasteiger partial charge in [-0.3, -0.25) is 4.79 Å². The molecule has 0 aliphatic carbocycles. The number of pyridine rings is 1. The van der Waals surface area contributed by atoms with Crippen molar-refractivity contribution in [3.63, 3.8) is 0 Å². The van der Waals surface area contributed by atoms with Crippen molar-refractivity contribution in [3.05, 3.63) is 39.3 Å².